The Morgan fingerprint density at radius 1 is 1.46 bits per heavy atom. The summed E-state index contributed by atoms with van der Waals surface area (Å²) in [5, 5.41) is -0.298. The van der Waals surface area contributed by atoms with Gasteiger partial charge in [-0.1, -0.05) is 6.92 Å². The van der Waals surface area contributed by atoms with Crippen LogP contribution in [0.4, 0.5) is 0 Å². The monoisotopic (exact) mass is 209 g/mol. The van der Waals surface area contributed by atoms with E-state index in [0.717, 1.165) is 0 Å². The van der Waals surface area contributed by atoms with Crippen LogP contribution in [0.25, 0.3) is 0 Å². The summed E-state index contributed by atoms with van der Waals surface area (Å²) >= 11 is 0. The summed E-state index contributed by atoms with van der Waals surface area (Å²) in [4.78, 5) is 0. The molecule has 1 atom stereocenters. The normalized spacial score (nSPS) is 14.4. The molecule has 0 aromatic heterocycles. The van der Waals surface area contributed by atoms with Gasteiger partial charge in [0.2, 0.25) is 0 Å². The van der Waals surface area contributed by atoms with Crippen molar-refractivity contribution in [3.63, 3.8) is 0 Å². The molecule has 0 heterocycles. The van der Waals surface area contributed by atoms with Crippen LogP contribution in [0, 0.1) is 0 Å². The molecule has 0 saturated carbocycles. The van der Waals surface area contributed by atoms with Gasteiger partial charge in [-0.3, -0.25) is 0 Å². The number of rotatable bonds is 7. The zero-order valence-electron chi connectivity index (χ0n) is 8.32. The molecule has 0 aliphatic heterocycles. The van der Waals surface area contributed by atoms with E-state index in [0.29, 0.717) is 19.4 Å². The van der Waals surface area contributed by atoms with Crippen LogP contribution in [0.5, 0.6) is 0 Å². The third kappa shape index (κ3) is 4.59. The molecule has 1 unspecified atom stereocenters. The van der Waals surface area contributed by atoms with Crippen molar-refractivity contribution in [3.05, 3.63) is 0 Å². The van der Waals surface area contributed by atoms with Crippen LogP contribution in [0.2, 0.25) is 0 Å². The van der Waals surface area contributed by atoms with Gasteiger partial charge in [0.05, 0.1) is 17.6 Å². The summed E-state index contributed by atoms with van der Waals surface area (Å²) in [6.45, 7) is 2.55. The summed E-state index contributed by atoms with van der Waals surface area (Å²) in [5.74, 6) is 0.0992. The second-order valence-corrected chi connectivity index (χ2v) is 5.37. The maximum Gasteiger partial charge on any atom is 0.155 e. The van der Waals surface area contributed by atoms with Crippen molar-refractivity contribution in [1.82, 2.24) is 0 Å². The molecule has 0 amide bonds. The van der Waals surface area contributed by atoms with Crippen molar-refractivity contribution < 1.29 is 13.2 Å². The average Bonchev–Trinajstić information content (AvgIpc) is 2.10. The van der Waals surface area contributed by atoms with Crippen LogP contribution in [0.1, 0.15) is 19.8 Å². The minimum Gasteiger partial charge on any atom is -0.384 e. The molecular weight excluding hydrogens is 190 g/mol. The third-order valence-electron chi connectivity index (χ3n) is 2.02. The molecule has 80 valence electrons. The Labute approximate surface area is 80.4 Å². The van der Waals surface area contributed by atoms with Crippen molar-refractivity contribution in [2.24, 2.45) is 5.73 Å². The van der Waals surface area contributed by atoms with Crippen molar-refractivity contribution in [1.29, 1.82) is 0 Å². The molecule has 0 aliphatic carbocycles. The second kappa shape index (κ2) is 6.34. The SMILES string of the molecule is CCC(CCN)S(=O)(=O)CCOC. The standard InChI is InChI=1S/C8H19NO3S/c1-3-8(4-5-9)13(10,11)7-6-12-2/h8H,3-7,9H2,1-2H3. The number of ether oxygens (including phenoxy) is 1. The minimum absolute atomic E-state index is 0.0992. The fourth-order valence-corrected chi connectivity index (χ4v) is 2.93. The lowest BCUT2D eigenvalue weighted by molar-refractivity contribution is 0.217. The van der Waals surface area contributed by atoms with Gasteiger partial charge in [0.1, 0.15) is 0 Å². The highest BCUT2D eigenvalue weighted by Gasteiger charge is 2.22. The lowest BCUT2D eigenvalue weighted by Gasteiger charge is -2.14. The highest BCUT2D eigenvalue weighted by Crippen LogP contribution is 2.10. The Hall–Kier alpha value is -0.130. The first kappa shape index (κ1) is 12.9. The van der Waals surface area contributed by atoms with Crippen molar-refractivity contribution in [2.75, 3.05) is 26.0 Å². The smallest absolute Gasteiger partial charge is 0.155 e. The predicted octanol–water partition coefficient (Wildman–Crippen LogP) is 0.175. The fraction of sp³-hybridized carbons (Fsp3) is 1.00. The lowest BCUT2D eigenvalue weighted by atomic mass is 10.2. The van der Waals surface area contributed by atoms with Crippen LogP contribution in [0.3, 0.4) is 0 Å². The topological polar surface area (TPSA) is 69.4 Å². The molecule has 0 aromatic carbocycles. The van der Waals surface area contributed by atoms with Crippen LogP contribution < -0.4 is 5.73 Å². The number of sulfone groups is 1. The summed E-state index contributed by atoms with van der Waals surface area (Å²) in [6, 6.07) is 0. The van der Waals surface area contributed by atoms with Crippen LogP contribution in [-0.4, -0.2) is 39.7 Å². The van der Waals surface area contributed by atoms with E-state index in [4.69, 9.17) is 10.5 Å². The molecule has 0 spiro atoms. The first-order valence-corrected chi connectivity index (χ1v) is 6.20. The Kier molecular flexibility index (Phi) is 6.28. The van der Waals surface area contributed by atoms with E-state index in [2.05, 4.69) is 0 Å². The first-order chi connectivity index (χ1) is 6.08. The van der Waals surface area contributed by atoms with Gasteiger partial charge in [0, 0.05) is 7.11 Å². The molecular formula is C8H19NO3S. The van der Waals surface area contributed by atoms with Crippen molar-refractivity contribution in [3.8, 4) is 0 Å². The molecule has 0 aromatic rings. The van der Waals surface area contributed by atoms with Gasteiger partial charge < -0.3 is 10.5 Å². The van der Waals surface area contributed by atoms with Crippen LogP contribution in [0.15, 0.2) is 0 Å². The summed E-state index contributed by atoms with van der Waals surface area (Å²) in [7, 11) is -1.50. The van der Waals surface area contributed by atoms with Gasteiger partial charge in [-0.2, -0.15) is 0 Å². The van der Waals surface area contributed by atoms with Gasteiger partial charge in [0.25, 0.3) is 0 Å². The Morgan fingerprint density at radius 3 is 2.46 bits per heavy atom. The molecule has 0 aliphatic rings. The Balaban J connectivity index is 4.21. The molecule has 0 rings (SSSR count). The Bertz CT molecular complexity index is 213. The maximum absolute atomic E-state index is 11.6. The largest absolute Gasteiger partial charge is 0.384 e. The van der Waals surface area contributed by atoms with Crippen molar-refractivity contribution >= 4 is 9.84 Å². The second-order valence-electron chi connectivity index (χ2n) is 2.97. The molecule has 2 N–H and O–H groups in total. The summed E-state index contributed by atoms with van der Waals surface area (Å²) < 4.78 is 27.9. The van der Waals surface area contributed by atoms with Gasteiger partial charge in [0.15, 0.2) is 9.84 Å². The fourth-order valence-electron chi connectivity index (χ4n) is 1.19. The molecule has 0 bridgehead atoms. The Morgan fingerprint density at radius 2 is 2.08 bits per heavy atom. The summed E-state index contributed by atoms with van der Waals surface area (Å²) in [6.07, 6.45) is 1.17. The molecule has 0 saturated heterocycles. The molecule has 0 radical (unpaired) electrons. The maximum atomic E-state index is 11.6. The number of hydrogen-bond donors (Lipinski definition) is 1. The van der Waals surface area contributed by atoms with Gasteiger partial charge in [-0.25, -0.2) is 8.42 Å². The number of methoxy groups -OCH3 is 1. The van der Waals surface area contributed by atoms with Crippen LogP contribution in [-0.2, 0) is 14.6 Å². The van der Waals surface area contributed by atoms with E-state index in [9.17, 15) is 8.42 Å². The predicted molar refractivity (Wildman–Crippen MR) is 53.4 cm³/mol. The quantitative estimate of drug-likeness (QED) is 0.649. The van der Waals surface area contributed by atoms with Crippen LogP contribution >= 0.6 is 0 Å². The van der Waals surface area contributed by atoms with Gasteiger partial charge >= 0.3 is 0 Å². The molecule has 0 fully saturated rings. The highest BCUT2D eigenvalue weighted by atomic mass is 32.2. The number of nitrogens with two attached hydrogens (primary N) is 1. The van der Waals surface area contributed by atoms with Crippen molar-refractivity contribution in [2.45, 2.75) is 25.0 Å². The van der Waals surface area contributed by atoms with Gasteiger partial charge in [-0.05, 0) is 19.4 Å². The molecule has 13 heavy (non-hydrogen) atoms. The van der Waals surface area contributed by atoms with E-state index in [1.165, 1.54) is 7.11 Å². The number of hydrogen-bond acceptors (Lipinski definition) is 4. The summed E-state index contributed by atoms with van der Waals surface area (Å²) in [5.41, 5.74) is 5.33. The van der Waals surface area contributed by atoms with E-state index in [1.807, 2.05) is 6.92 Å². The molecule has 4 nitrogen and oxygen atoms in total. The first-order valence-electron chi connectivity index (χ1n) is 4.49. The zero-order valence-corrected chi connectivity index (χ0v) is 9.14. The van der Waals surface area contributed by atoms with E-state index < -0.39 is 9.84 Å². The lowest BCUT2D eigenvalue weighted by Crippen LogP contribution is -2.27. The molecule has 5 heteroatoms. The zero-order chi connectivity index (χ0) is 10.3. The van der Waals surface area contributed by atoms with E-state index in [-0.39, 0.29) is 17.6 Å². The van der Waals surface area contributed by atoms with E-state index >= 15 is 0 Å². The van der Waals surface area contributed by atoms with E-state index in [1.54, 1.807) is 0 Å². The highest BCUT2D eigenvalue weighted by molar-refractivity contribution is 7.92. The van der Waals surface area contributed by atoms with Gasteiger partial charge in [-0.15, -0.1) is 0 Å². The minimum atomic E-state index is -3.00. The average molecular weight is 209 g/mol. The third-order valence-corrected chi connectivity index (χ3v) is 4.34.